The Labute approximate surface area is 428 Å². The van der Waals surface area contributed by atoms with Crippen molar-refractivity contribution in [1.82, 2.24) is 4.48 Å². The molecule has 0 radical (unpaired) electrons. The van der Waals surface area contributed by atoms with Crippen LogP contribution in [0.5, 0.6) is 0 Å². The number of aromatic nitrogens is 1. The van der Waals surface area contributed by atoms with Crippen LogP contribution < -0.4 is 25.6 Å². The fourth-order valence-electron chi connectivity index (χ4n) is 12.1. The predicted molar refractivity (Wildman–Crippen MR) is 309 cm³/mol. The lowest BCUT2D eigenvalue weighted by Crippen LogP contribution is -2.56. The fourth-order valence-corrected chi connectivity index (χ4v) is 12.1. The molecule has 1 aliphatic carbocycles. The minimum atomic E-state index is -0.217. The van der Waals surface area contributed by atoms with E-state index in [0.29, 0.717) is 0 Å². The van der Waals surface area contributed by atoms with Gasteiger partial charge in [0.1, 0.15) is 0 Å². The van der Waals surface area contributed by atoms with Crippen molar-refractivity contribution in [3.8, 4) is 11.1 Å². The van der Waals surface area contributed by atoms with Gasteiger partial charge in [-0.1, -0.05) is 153 Å². The second-order valence-electron chi connectivity index (χ2n) is 19.7. The molecule has 1 aromatic heterocycles. The molecule has 0 amide bonds. The lowest BCUT2D eigenvalue weighted by Gasteiger charge is -2.41. The average molecular weight is 935 g/mol. The number of benzene rings is 9. The third-order valence-electron chi connectivity index (χ3n) is 15.3. The SMILES string of the molecule is CCCCc1ccc(N2c3c#cc(N(c4ccccc4)c4ccccc4)cc3B3c4c(cc(N(c5ccccc5)c5ccccc5)cc42)-c2cccc4c5cc6ccccc6cc5n3c24)c(C2=CC=CCC2)c1. The predicted octanol–water partition coefficient (Wildman–Crippen LogP) is 17.0. The first kappa shape index (κ1) is 42.9. The molecule has 14 rings (SSSR count). The minimum absolute atomic E-state index is 0.217. The highest BCUT2D eigenvalue weighted by atomic mass is 15.2. The van der Waals surface area contributed by atoms with Gasteiger partial charge in [0, 0.05) is 67.1 Å². The smallest absolute Gasteiger partial charge is 0.333 e. The molecule has 4 nitrogen and oxygen atoms in total. The molecule has 0 saturated heterocycles. The maximum Gasteiger partial charge on any atom is 0.333 e. The monoisotopic (exact) mass is 934 g/mol. The summed E-state index contributed by atoms with van der Waals surface area (Å²) in [6.07, 6.45) is 12.2. The standard InChI is InChI=1S/C68H51BN4/c1-2-3-22-47-37-39-63(59(41-47)48-23-9-4-10-24-48)72-64-40-38-55(70(51-27-11-5-12-28-51)52-29-13-6-14-30-52)45-62(64)69-67-61(44-56(46-66(67)72)71(53-31-15-7-16-32-53)54-33-17-8-18-34-54)58-36-21-35-57-60-42-49-25-19-20-26-50(49)43-65(60)73(69)68(57)58/h4-9,11-21,23,25-37,39,41-46H,2-3,10,22,24H2,1H3. The van der Waals surface area contributed by atoms with E-state index in [1.54, 1.807) is 0 Å². The van der Waals surface area contributed by atoms with Crippen LogP contribution in [0.1, 0.15) is 43.7 Å². The second kappa shape index (κ2) is 17.7. The minimum Gasteiger partial charge on any atom is -0.375 e. The summed E-state index contributed by atoms with van der Waals surface area (Å²) in [4.78, 5) is 7.32. The Morgan fingerprint density at radius 1 is 0.534 bits per heavy atom. The molecule has 0 spiro atoms. The highest BCUT2D eigenvalue weighted by molar-refractivity contribution is 6.90. The molecule has 0 bridgehead atoms. The van der Waals surface area contributed by atoms with Gasteiger partial charge in [0.15, 0.2) is 0 Å². The van der Waals surface area contributed by atoms with Crippen LogP contribution in [-0.2, 0) is 6.42 Å². The summed E-state index contributed by atoms with van der Waals surface area (Å²) in [6, 6.07) is 86.2. The molecule has 346 valence electrons. The Morgan fingerprint density at radius 2 is 1.19 bits per heavy atom. The first-order valence-corrected chi connectivity index (χ1v) is 25.9. The van der Waals surface area contributed by atoms with Gasteiger partial charge in [0.05, 0.1) is 17.1 Å². The largest absolute Gasteiger partial charge is 0.375 e. The summed E-state index contributed by atoms with van der Waals surface area (Å²) in [5, 5.41) is 4.98. The number of unbranched alkanes of at least 4 members (excludes halogenated alkanes) is 1. The molecule has 10 aromatic carbocycles. The third kappa shape index (κ3) is 7.08. The van der Waals surface area contributed by atoms with Gasteiger partial charge in [0.2, 0.25) is 0 Å². The lowest BCUT2D eigenvalue weighted by molar-refractivity contribution is 0.795. The normalized spacial score (nSPS) is 13.2. The van der Waals surface area contributed by atoms with Crippen molar-refractivity contribution in [3.05, 3.63) is 254 Å². The van der Waals surface area contributed by atoms with Crippen molar-refractivity contribution in [2.24, 2.45) is 0 Å². The van der Waals surface area contributed by atoms with E-state index in [1.807, 2.05) is 0 Å². The van der Waals surface area contributed by atoms with E-state index in [-0.39, 0.29) is 6.85 Å². The molecular weight excluding hydrogens is 884 g/mol. The van der Waals surface area contributed by atoms with Crippen LogP contribution in [-0.4, -0.2) is 11.3 Å². The zero-order valence-electron chi connectivity index (χ0n) is 40.8. The molecule has 0 N–H and O–H groups in total. The molecule has 0 atom stereocenters. The molecule has 0 saturated carbocycles. The first-order valence-electron chi connectivity index (χ1n) is 25.9. The summed E-state index contributed by atoms with van der Waals surface area (Å²) in [6.45, 7) is 2.07. The lowest BCUT2D eigenvalue weighted by atomic mass is 9.45. The number of anilines is 9. The molecule has 0 unspecified atom stereocenters. The number of hydrogen-bond acceptors (Lipinski definition) is 3. The molecule has 3 heterocycles. The topological polar surface area (TPSA) is 14.7 Å². The molecule has 3 aliphatic rings. The maximum absolute atomic E-state index is 3.99. The number of aryl methyl sites for hydroxylation is 1. The van der Waals surface area contributed by atoms with Crippen LogP contribution in [0.15, 0.2) is 231 Å². The molecule has 5 heteroatoms. The van der Waals surface area contributed by atoms with Crippen molar-refractivity contribution < 1.29 is 0 Å². The van der Waals surface area contributed by atoms with Gasteiger partial charge in [-0.05, 0) is 167 Å². The third-order valence-corrected chi connectivity index (χ3v) is 15.3. The highest BCUT2D eigenvalue weighted by Gasteiger charge is 2.44. The van der Waals surface area contributed by atoms with Gasteiger partial charge in [-0.2, -0.15) is 0 Å². The Balaban J connectivity index is 1.13. The number of nitrogens with zero attached hydrogens (tertiary/aromatic N) is 4. The molecule has 73 heavy (non-hydrogen) atoms. The number of hydrogen-bond donors (Lipinski definition) is 0. The Bertz CT molecular complexity index is 3890. The Kier molecular flexibility index (Phi) is 10.4. The quantitative estimate of drug-likeness (QED) is 0.120. The highest BCUT2D eigenvalue weighted by Crippen LogP contribution is 2.50. The molecule has 11 aromatic rings. The maximum atomic E-state index is 3.99. The summed E-state index contributed by atoms with van der Waals surface area (Å²) >= 11 is 0. The summed E-state index contributed by atoms with van der Waals surface area (Å²) < 4.78 is 2.68. The number of rotatable bonds is 11. The van der Waals surface area contributed by atoms with Crippen molar-refractivity contribution >= 4 is 107 Å². The van der Waals surface area contributed by atoms with E-state index in [2.05, 4.69) is 269 Å². The summed E-state index contributed by atoms with van der Waals surface area (Å²) in [7, 11) is 0. The van der Waals surface area contributed by atoms with E-state index < -0.39 is 0 Å². The van der Waals surface area contributed by atoms with Crippen molar-refractivity contribution in [3.63, 3.8) is 0 Å². The van der Waals surface area contributed by atoms with Crippen molar-refractivity contribution in [2.75, 3.05) is 14.7 Å². The van der Waals surface area contributed by atoms with E-state index in [0.717, 1.165) is 83.3 Å². The van der Waals surface area contributed by atoms with Gasteiger partial charge in [-0.3, -0.25) is 0 Å². The number of para-hydroxylation sites is 5. The molecule has 0 fully saturated rings. The fraction of sp³-hybridized carbons (Fsp3) is 0.0882. The first-order chi connectivity index (χ1) is 36.2. The van der Waals surface area contributed by atoms with E-state index in [1.165, 1.54) is 71.3 Å². The van der Waals surface area contributed by atoms with E-state index in [4.69, 9.17) is 0 Å². The zero-order valence-corrected chi connectivity index (χ0v) is 40.8. The van der Waals surface area contributed by atoms with E-state index in [9.17, 15) is 0 Å². The van der Waals surface area contributed by atoms with Gasteiger partial charge in [-0.25, -0.2) is 0 Å². The number of allylic oxidation sites excluding steroid dienone is 4. The van der Waals surface area contributed by atoms with Gasteiger partial charge >= 0.3 is 6.85 Å². The van der Waals surface area contributed by atoms with E-state index >= 15 is 0 Å². The van der Waals surface area contributed by atoms with Crippen LogP contribution in [0.3, 0.4) is 0 Å². The van der Waals surface area contributed by atoms with Crippen LogP contribution >= 0.6 is 0 Å². The van der Waals surface area contributed by atoms with Crippen molar-refractivity contribution in [1.29, 1.82) is 0 Å². The summed E-state index contributed by atoms with van der Waals surface area (Å²) in [5.41, 5.74) is 21.0. The Morgan fingerprint density at radius 3 is 1.85 bits per heavy atom. The van der Waals surface area contributed by atoms with Gasteiger partial charge < -0.3 is 19.2 Å². The summed E-state index contributed by atoms with van der Waals surface area (Å²) in [5.74, 6) is 0. The van der Waals surface area contributed by atoms with Crippen LogP contribution in [0.4, 0.5) is 51.2 Å². The van der Waals surface area contributed by atoms with Crippen LogP contribution in [0, 0.1) is 12.1 Å². The molecule has 2 aliphatic heterocycles. The average Bonchev–Trinajstić information content (AvgIpc) is 3.78. The van der Waals surface area contributed by atoms with Crippen LogP contribution in [0.2, 0.25) is 0 Å². The molecular formula is C68H51BN4. The van der Waals surface area contributed by atoms with Crippen molar-refractivity contribution in [2.45, 2.75) is 39.0 Å². The van der Waals surface area contributed by atoms with Crippen LogP contribution in [0.25, 0.3) is 49.3 Å². The van der Waals surface area contributed by atoms with Gasteiger partial charge in [0.25, 0.3) is 0 Å². The van der Waals surface area contributed by atoms with Gasteiger partial charge in [-0.15, -0.1) is 0 Å². The second-order valence-corrected chi connectivity index (χ2v) is 19.7. The Hall–Kier alpha value is -8.98. The zero-order chi connectivity index (χ0) is 48.4. The number of fused-ring (bicyclic) bond motifs is 8.